The van der Waals surface area contributed by atoms with E-state index in [1.54, 1.807) is 24.3 Å². The maximum atomic E-state index is 12.1. The maximum absolute atomic E-state index is 12.1. The summed E-state index contributed by atoms with van der Waals surface area (Å²) in [6, 6.07) is 8.93. The molecular weight excluding hydrogens is 252 g/mol. The van der Waals surface area contributed by atoms with Gasteiger partial charge in [-0.05, 0) is 36.2 Å². The lowest BCUT2D eigenvalue weighted by Crippen LogP contribution is -2.35. The van der Waals surface area contributed by atoms with E-state index in [4.69, 9.17) is 4.74 Å². The van der Waals surface area contributed by atoms with Crippen molar-refractivity contribution in [3.8, 4) is 0 Å². The zero-order chi connectivity index (χ0) is 14.8. The van der Waals surface area contributed by atoms with E-state index >= 15 is 0 Å². The van der Waals surface area contributed by atoms with E-state index < -0.39 is 12.1 Å². The van der Waals surface area contributed by atoms with Crippen LogP contribution in [0.1, 0.15) is 51.7 Å². The first-order chi connectivity index (χ1) is 9.37. The molecule has 1 N–H and O–H groups in total. The number of aliphatic hydroxyl groups is 1. The van der Waals surface area contributed by atoms with Gasteiger partial charge in [0, 0.05) is 0 Å². The fourth-order valence-corrected chi connectivity index (χ4v) is 3.35. The van der Waals surface area contributed by atoms with Crippen LogP contribution in [0.3, 0.4) is 0 Å². The minimum absolute atomic E-state index is 0.0837. The lowest BCUT2D eigenvalue weighted by atomic mass is 9.71. The predicted molar refractivity (Wildman–Crippen MR) is 78.1 cm³/mol. The topological polar surface area (TPSA) is 46.5 Å². The van der Waals surface area contributed by atoms with Crippen molar-refractivity contribution in [2.75, 3.05) is 0 Å². The van der Waals surface area contributed by atoms with E-state index in [1.165, 1.54) is 0 Å². The third-order valence-corrected chi connectivity index (χ3v) is 3.97. The van der Waals surface area contributed by atoms with Gasteiger partial charge in [-0.15, -0.1) is 0 Å². The quantitative estimate of drug-likeness (QED) is 0.860. The molecule has 0 unspecified atom stereocenters. The van der Waals surface area contributed by atoms with Crippen LogP contribution in [0.15, 0.2) is 30.3 Å². The Kier molecular flexibility index (Phi) is 4.48. The van der Waals surface area contributed by atoms with Crippen LogP contribution in [0.4, 0.5) is 0 Å². The number of benzene rings is 1. The lowest BCUT2D eigenvalue weighted by Gasteiger charge is -2.38. The average Bonchev–Trinajstić information content (AvgIpc) is 2.36. The number of aliphatic hydroxyl groups excluding tert-OH is 1. The molecule has 2 rings (SSSR count). The Labute approximate surface area is 121 Å². The van der Waals surface area contributed by atoms with E-state index in [9.17, 15) is 9.90 Å². The van der Waals surface area contributed by atoms with Crippen LogP contribution >= 0.6 is 0 Å². The van der Waals surface area contributed by atoms with Gasteiger partial charge in [-0.2, -0.15) is 0 Å². The molecule has 0 saturated heterocycles. The molecule has 0 bridgehead atoms. The molecule has 3 heteroatoms. The van der Waals surface area contributed by atoms with Crippen LogP contribution in [0.5, 0.6) is 0 Å². The lowest BCUT2D eigenvalue weighted by molar-refractivity contribution is -0.163. The van der Waals surface area contributed by atoms with Gasteiger partial charge in [-0.3, -0.25) is 0 Å². The summed E-state index contributed by atoms with van der Waals surface area (Å²) < 4.78 is 5.52. The molecule has 1 aromatic rings. The van der Waals surface area contributed by atoms with Gasteiger partial charge in [0.2, 0.25) is 0 Å². The summed E-state index contributed by atoms with van der Waals surface area (Å²) in [4.78, 5) is 12.1. The van der Waals surface area contributed by atoms with E-state index in [0.29, 0.717) is 11.5 Å². The average molecular weight is 276 g/mol. The fraction of sp³-hybridized carbons (Fsp3) is 0.588. The molecule has 1 aromatic carbocycles. The van der Waals surface area contributed by atoms with Gasteiger partial charge in [-0.25, -0.2) is 4.79 Å². The van der Waals surface area contributed by atoms with Crippen molar-refractivity contribution >= 4 is 5.97 Å². The van der Waals surface area contributed by atoms with Gasteiger partial charge >= 0.3 is 5.97 Å². The van der Waals surface area contributed by atoms with Gasteiger partial charge in [0.25, 0.3) is 0 Å². The Morgan fingerprint density at radius 2 is 1.95 bits per heavy atom. The fourth-order valence-electron chi connectivity index (χ4n) is 3.35. The van der Waals surface area contributed by atoms with E-state index in [0.717, 1.165) is 19.3 Å². The minimum atomic E-state index is -1.18. The summed E-state index contributed by atoms with van der Waals surface area (Å²) >= 11 is 0. The summed E-state index contributed by atoms with van der Waals surface area (Å²) in [7, 11) is 0. The van der Waals surface area contributed by atoms with Crippen molar-refractivity contribution in [3.63, 3.8) is 0 Å². The second-order valence-corrected chi connectivity index (χ2v) is 6.79. The third-order valence-electron chi connectivity index (χ3n) is 3.97. The number of esters is 1. The van der Waals surface area contributed by atoms with Crippen molar-refractivity contribution in [1.82, 2.24) is 0 Å². The Morgan fingerprint density at radius 3 is 2.55 bits per heavy atom. The molecular formula is C17H24O3. The van der Waals surface area contributed by atoms with Gasteiger partial charge in [-0.1, -0.05) is 51.1 Å². The smallest absolute Gasteiger partial charge is 0.339 e. The number of ether oxygens (including phenoxy) is 1. The van der Waals surface area contributed by atoms with Gasteiger partial charge < -0.3 is 9.84 Å². The number of hydrogen-bond donors (Lipinski definition) is 1. The standard InChI is InChI=1S/C17H24O3/c1-12-9-14(11-17(2,3)10-12)20-16(19)15(18)13-7-5-4-6-8-13/h4-8,12,14-15,18H,9-11H2,1-3H3/t12-,14+,15+/m1/s1. The Morgan fingerprint density at radius 1 is 1.30 bits per heavy atom. The van der Waals surface area contributed by atoms with Crippen molar-refractivity contribution < 1.29 is 14.6 Å². The molecule has 1 aliphatic carbocycles. The van der Waals surface area contributed by atoms with Gasteiger partial charge in [0.05, 0.1) is 0 Å². The largest absolute Gasteiger partial charge is 0.460 e. The second-order valence-electron chi connectivity index (χ2n) is 6.79. The zero-order valence-electron chi connectivity index (χ0n) is 12.5. The highest BCUT2D eigenvalue weighted by Gasteiger charge is 2.35. The molecule has 110 valence electrons. The van der Waals surface area contributed by atoms with Crippen molar-refractivity contribution in [2.24, 2.45) is 11.3 Å². The molecule has 0 aliphatic heterocycles. The summed E-state index contributed by atoms with van der Waals surface area (Å²) in [6.07, 6.45) is 1.64. The summed E-state index contributed by atoms with van der Waals surface area (Å²) in [5.74, 6) is 0.0107. The Bertz CT molecular complexity index is 453. The third kappa shape index (κ3) is 3.83. The maximum Gasteiger partial charge on any atom is 0.339 e. The van der Waals surface area contributed by atoms with Crippen molar-refractivity contribution in [1.29, 1.82) is 0 Å². The number of carbonyl (C=O) groups is 1. The molecule has 0 amide bonds. The zero-order valence-corrected chi connectivity index (χ0v) is 12.5. The molecule has 0 aromatic heterocycles. The number of rotatable bonds is 3. The highest BCUT2D eigenvalue weighted by atomic mass is 16.6. The molecule has 0 spiro atoms. The molecule has 1 saturated carbocycles. The van der Waals surface area contributed by atoms with Crippen LogP contribution in [0.2, 0.25) is 0 Å². The molecule has 3 atom stereocenters. The van der Waals surface area contributed by atoms with Gasteiger partial charge in [0.1, 0.15) is 6.10 Å². The second kappa shape index (κ2) is 5.96. The summed E-state index contributed by atoms with van der Waals surface area (Å²) in [6.45, 7) is 6.60. The van der Waals surface area contributed by atoms with Crippen LogP contribution in [-0.2, 0) is 9.53 Å². The van der Waals surface area contributed by atoms with Crippen LogP contribution < -0.4 is 0 Å². The normalized spacial score (nSPS) is 26.8. The molecule has 1 fully saturated rings. The monoisotopic (exact) mass is 276 g/mol. The number of hydrogen-bond acceptors (Lipinski definition) is 3. The molecule has 0 heterocycles. The predicted octanol–water partition coefficient (Wildman–Crippen LogP) is 3.48. The van der Waals surface area contributed by atoms with Crippen LogP contribution in [0, 0.1) is 11.3 Å². The van der Waals surface area contributed by atoms with E-state index in [1.807, 2.05) is 6.07 Å². The summed E-state index contributed by atoms with van der Waals surface area (Å²) in [5.41, 5.74) is 0.779. The first kappa shape index (κ1) is 15.0. The molecule has 1 aliphatic rings. The van der Waals surface area contributed by atoms with Gasteiger partial charge in [0.15, 0.2) is 6.10 Å². The highest BCUT2D eigenvalue weighted by molar-refractivity contribution is 5.76. The van der Waals surface area contributed by atoms with Crippen molar-refractivity contribution in [3.05, 3.63) is 35.9 Å². The first-order valence-corrected chi connectivity index (χ1v) is 7.31. The van der Waals surface area contributed by atoms with Crippen LogP contribution in [-0.4, -0.2) is 17.2 Å². The number of carbonyl (C=O) groups excluding carboxylic acids is 1. The van der Waals surface area contributed by atoms with E-state index in [2.05, 4.69) is 20.8 Å². The van der Waals surface area contributed by atoms with Crippen LogP contribution in [0.25, 0.3) is 0 Å². The summed E-state index contributed by atoms with van der Waals surface area (Å²) in [5, 5.41) is 10.0. The molecule has 3 nitrogen and oxygen atoms in total. The minimum Gasteiger partial charge on any atom is -0.460 e. The highest BCUT2D eigenvalue weighted by Crippen LogP contribution is 2.40. The van der Waals surface area contributed by atoms with Crippen molar-refractivity contribution in [2.45, 2.75) is 52.2 Å². The SMILES string of the molecule is C[C@@H]1C[C@H](OC(=O)[C@@H](O)c2ccccc2)CC(C)(C)C1. The first-order valence-electron chi connectivity index (χ1n) is 7.31. The Hall–Kier alpha value is -1.35. The Balaban J connectivity index is 1.97. The molecule has 20 heavy (non-hydrogen) atoms. The van der Waals surface area contributed by atoms with E-state index in [-0.39, 0.29) is 11.5 Å². The molecule has 0 radical (unpaired) electrons.